The standard InChI is InChI=1S/C13H15BrO3/c14-11-7-13-12(16-8-17-13)6-9(11)5-10-3-1-2-4-15-10/h6-7,10H,1-5,8H2/t10-/m0/s1. The lowest BCUT2D eigenvalue weighted by molar-refractivity contribution is 0.0167. The maximum Gasteiger partial charge on any atom is 0.231 e. The normalized spacial score (nSPS) is 22.8. The zero-order chi connectivity index (χ0) is 11.7. The third-order valence-corrected chi connectivity index (χ3v) is 4.00. The van der Waals surface area contributed by atoms with Crippen LogP contribution in [-0.2, 0) is 11.2 Å². The van der Waals surface area contributed by atoms with Crippen LogP contribution in [-0.4, -0.2) is 19.5 Å². The van der Waals surface area contributed by atoms with E-state index in [1.807, 2.05) is 6.07 Å². The molecule has 0 aromatic heterocycles. The van der Waals surface area contributed by atoms with E-state index >= 15 is 0 Å². The van der Waals surface area contributed by atoms with Gasteiger partial charge in [0, 0.05) is 11.1 Å². The molecule has 1 saturated heterocycles. The summed E-state index contributed by atoms with van der Waals surface area (Å²) in [6, 6.07) is 4.05. The fourth-order valence-electron chi connectivity index (χ4n) is 2.33. The minimum Gasteiger partial charge on any atom is -0.454 e. The molecule has 2 aliphatic heterocycles. The molecule has 17 heavy (non-hydrogen) atoms. The summed E-state index contributed by atoms with van der Waals surface area (Å²) in [7, 11) is 0. The fraction of sp³-hybridized carbons (Fsp3) is 0.538. The topological polar surface area (TPSA) is 27.7 Å². The molecule has 0 radical (unpaired) electrons. The lowest BCUT2D eigenvalue weighted by Crippen LogP contribution is -2.21. The average molecular weight is 299 g/mol. The highest BCUT2D eigenvalue weighted by Gasteiger charge is 2.20. The first-order valence-electron chi connectivity index (χ1n) is 6.02. The zero-order valence-electron chi connectivity index (χ0n) is 9.58. The van der Waals surface area contributed by atoms with E-state index in [0.717, 1.165) is 35.4 Å². The minimum absolute atomic E-state index is 0.325. The van der Waals surface area contributed by atoms with Gasteiger partial charge in [-0.25, -0.2) is 0 Å². The summed E-state index contributed by atoms with van der Waals surface area (Å²) in [6.07, 6.45) is 4.91. The van der Waals surface area contributed by atoms with Crippen LogP contribution in [0.1, 0.15) is 24.8 Å². The Hall–Kier alpha value is -0.740. The van der Waals surface area contributed by atoms with Crippen LogP contribution >= 0.6 is 15.9 Å². The summed E-state index contributed by atoms with van der Waals surface area (Å²) in [5, 5.41) is 0. The molecule has 1 fully saturated rings. The van der Waals surface area contributed by atoms with Gasteiger partial charge in [0.05, 0.1) is 6.10 Å². The maximum atomic E-state index is 5.76. The summed E-state index contributed by atoms with van der Waals surface area (Å²) in [5.41, 5.74) is 1.24. The third-order valence-electron chi connectivity index (χ3n) is 3.26. The van der Waals surface area contributed by atoms with Crippen LogP contribution in [0, 0.1) is 0 Å². The molecule has 2 heterocycles. The highest BCUT2D eigenvalue weighted by molar-refractivity contribution is 9.10. The van der Waals surface area contributed by atoms with Crippen molar-refractivity contribution in [1.29, 1.82) is 0 Å². The second-order valence-electron chi connectivity index (χ2n) is 4.49. The maximum absolute atomic E-state index is 5.76. The predicted molar refractivity (Wildman–Crippen MR) is 67.6 cm³/mol. The largest absolute Gasteiger partial charge is 0.454 e. The minimum atomic E-state index is 0.325. The molecule has 0 saturated carbocycles. The van der Waals surface area contributed by atoms with Gasteiger partial charge in [0.25, 0.3) is 0 Å². The molecule has 1 aromatic rings. The van der Waals surface area contributed by atoms with Crippen molar-refractivity contribution in [3.8, 4) is 11.5 Å². The molecule has 4 heteroatoms. The lowest BCUT2D eigenvalue weighted by atomic mass is 10.0. The smallest absolute Gasteiger partial charge is 0.231 e. The van der Waals surface area contributed by atoms with Gasteiger partial charge in [-0.3, -0.25) is 0 Å². The van der Waals surface area contributed by atoms with E-state index in [1.54, 1.807) is 0 Å². The number of benzene rings is 1. The van der Waals surface area contributed by atoms with Crippen molar-refractivity contribution < 1.29 is 14.2 Å². The van der Waals surface area contributed by atoms with Crippen molar-refractivity contribution in [1.82, 2.24) is 0 Å². The molecular formula is C13H15BrO3. The van der Waals surface area contributed by atoms with Crippen LogP contribution in [0.15, 0.2) is 16.6 Å². The number of fused-ring (bicyclic) bond motifs is 1. The molecule has 3 nitrogen and oxygen atoms in total. The lowest BCUT2D eigenvalue weighted by Gasteiger charge is -2.23. The first-order chi connectivity index (χ1) is 8.33. The molecule has 1 atom stereocenters. The van der Waals surface area contributed by atoms with E-state index in [-0.39, 0.29) is 0 Å². The molecule has 2 aliphatic rings. The molecular weight excluding hydrogens is 284 g/mol. The van der Waals surface area contributed by atoms with Crippen molar-refractivity contribution in [2.24, 2.45) is 0 Å². The van der Waals surface area contributed by atoms with Crippen LogP contribution in [0.3, 0.4) is 0 Å². The summed E-state index contributed by atoms with van der Waals surface area (Å²) in [4.78, 5) is 0. The Balaban J connectivity index is 1.78. The monoisotopic (exact) mass is 298 g/mol. The number of hydrogen-bond donors (Lipinski definition) is 0. The number of rotatable bonds is 2. The van der Waals surface area contributed by atoms with Crippen molar-refractivity contribution in [2.45, 2.75) is 31.8 Å². The van der Waals surface area contributed by atoms with Gasteiger partial charge in [-0.2, -0.15) is 0 Å². The molecule has 0 bridgehead atoms. The molecule has 0 aliphatic carbocycles. The molecule has 3 rings (SSSR count). The highest BCUT2D eigenvalue weighted by atomic mass is 79.9. The molecule has 0 amide bonds. The van der Waals surface area contributed by atoms with Crippen LogP contribution in [0.5, 0.6) is 11.5 Å². The number of ether oxygens (including phenoxy) is 3. The van der Waals surface area contributed by atoms with E-state index in [9.17, 15) is 0 Å². The van der Waals surface area contributed by atoms with Gasteiger partial charge < -0.3 is 14.2 Å². The van der Waals surface area contributed by atoms with E-state index in [2.05, 4.69) is 22.0 Å². The van der Waals surface area contributed by atoms with E-state index in [4.69, 9.17) is 14.2 Å². The molecule has 0 N–H and O–H groups in total. The van der Waals surface area contributed by atoms with E-state index < -0.39 is 0 Å². The van der Waals surface area contributed by atoms with Gasteiger partial charge in [-0.05, 0) is 43.4 Å². The van der Waals surface area contributed by atoms with Crippen LogP contribution < -0.4 is 9.47 Å². The van der Waals surface area contributed by atoms with Crippen molar-refractivity contribution in [3.05, 3.63) is 22.2 Å². The zero-order valence-corrected chi connectivity index (χ0v) is 11.2. The van der Waals surface area contributed by atoms with Gasteiger partial charge in [0.1, 0.15) is 0 Å². The average Bonchev–Trinajstić information content (AvgIpc) is 2.78. The Morgan fingerprint density at radius 2 is 2.00 bits per heavy atom. The molecule has 0 unspecified atom stereocenters. The first-order valence-corrected chi connectivity index (χ1v) is 6.82. The van der Waals surface area contributed by atoms with Crippen molar-refractivity contribution in [2.75, 3.05) is 13.4 Å². The van der Waals surface area contributed by atoms with Gasteiger partial charge in [0.15, 0.2) is 11.5 Å². The van der Waals surface area contributed by atoms with Crippen LogP contribution in [0.2, 0.25) is 0 Å². The van der Waals surface area contributed by atoms with E-state index in [1.165, 1.54) is 18.4 Å². The summed E-state index contributed by atoms with van der Waals surface area (Å²) in [6.45, 7) is 1.22. The quantitative estimate of drug-likeness (QED) is 0.838. The first kappa shape index (κ1) is 11.4. The second kappa shape index (κ2) is 4.86. The molecule has 92 valence electrons. The predicted octanol–water partition coefficient (Wildman–Crippen LogP) is 3.29. The van der Waals surface area contributed by atoms with Gasteiger partial charge in [-0.15, -0.1) is 0 Å². The Kier molecular flexibility index (Phi) is 3.25. The Morgan fingerprint density at radius 3 is 2.76 bits per heavy atom. The van der Waals surface area contributed by atoms with Gasteiger partial charge in [0.2, 0.25) is 6.79 Å². The van der Waals surface area contributed by atoms with Crippen LogP contribution in [0.4, 0.5) is 0 Å². The molecule has 1 aromatic carbocycles. The highest BCUT2D eigenvalue weighted by Crippen LogP contribution is 2.37. The summed E-state index contributed by atoms with van der Waals surface area (Å²) in [5.74, 6) is 1.67. The number of hydrogen-bond acceptors (Lipinski definition) is 3. The summed E-state index contributed by atoms with van der Waals surface area (Å²) >= 11 is 3.59. The Labute approximate surface area is 109 Å². The van der Waals surface area contributed by atoms with Crippen LogP contribution in [0.25, 0.3) is 0 Å². The van der Waals surface area contributed by atoms with Crippen molar-refractivity contribution >= 4 is 15.9 Å². The Morgan fingerprint density at radius 1 is 1.18 bits per heavy atom. The van der Waals surface area contributed by atoms with Gasteiger partial charge in [-0.1, -0.05) is 15.9 Å². The number of halogens is 1. The Bertz CT molecular complexity index is 413. The van der Waals surface area contributed by atoms with E-state index in [0.29, 0.717) is 12.9 Å². The second-order valence-corrected chi connectivity index (χ2v) is 5.34. The SMILES string of the molecule is Brc1cc2c(cc1C[C@@H]1CCCCO1)OCO2. The molecule has 0 spiro atoms. The van der Waals surface area contributed by atoms with Gasteiger partial charge >= 0.3 is 0 Å². The summed E-state index contributed by atoms with van der Waals surface area (Å²) < 4.78 is 17.6. The third kappa shape index (κ3) is 2.43. The fourth-order valence-corrected chi connectivity index (χ4v) is 2.81. The van der Waals surface area contributed by atoms with Crippen molar-refractivity contribution in [3.63, 3.8) is 0 Å².